The summed E-state index contributed by atoms with van der Waals surface area (Å²) >= 11 is 0. The van der Waals surface area contributed by atoms with Crippen LogP contribution in [0.5, 0.6) is 0 Å². The van der Waals surface area contributed by atoms with Crippen LogP contribution in [0.3, 0.4) is 0 Å². The first kappa shape index (κ1) is 15.3. The Morgan fingerprint density at radius 1 is 1.33 bits per heavy atom. The lowest BCUT2D eigenvalue weighted by molar-refractivity contribution is -0.143. The highest BCUT2D eigenvalue weighted by Crippen LogP contribution is 2.31. The van der Waals surface area contributed by atoms with Crippen LogP contribution in [0.1, 0.15) is 25.7 Å². The predicted molar refractivity (Wildman–Crippen MR) is 71.2 cm³/mol. The summed E-state index contributed by atoms with van der Waals surface area (Å²) in [6, 6.07) is -1.38. The summed E-state index contributed by atoms with van der Waals surface area (Å²) in [7, 11) is 1.38. The lowest BCUT2D eigenvalue weighted by Crippen LogP contribution is -2.47. The van der Waals surface area contributed by atoms with E-state index in [1.807, 2.05) is 0 Å². The number of aliphatic carboxylic acids is 1. The lowest BCUT2D eigenvalue weighted by atomic mass is 9.96. The number of carboxylic acid groups (broad SMARTS) is 1. The van der Waals surface area contributed by atoms with Crippen LogP contribution in [-0.2, 0) is 14.4 Å². The molecule has 3 atom stereocenters. The second-order valence-corrected chi connectivity index (χ2v) is 5.54. The summed E-state index contributed by atoms with van der Waals surface area (Å²) in [4.78, 5) is 46.7. The molecule has 0 radical (unpaired) electrons. The summed E-state index contributed by atoms with van der Waals surface area (Å²) in [5, 5.41) is 14.1. The number of carboxylic acids is 1. The van der Waals surface area contributed by atoms with Crippen molar-refractivity contribution in [3.05, 3.63) is 0 Å². The molecule has 8 nitrogen and oxygen atoms in total. The zero-order chi connectivity index (χ0) is 15.6. The molecule has 0 aromatic rings. The molecule has 0 bridgehead atoms. The molecule has 3 N–H and O–H groups in total. The normalized spacial score (nSPS) is 28.8. The van der Waals surface area contributed by atoms with E-state index in [0.29, 0.717) is 6.42 Å². The van der Waals surface area contributed by atoms with Crippen molar-refractivity contribution in [1.29, 1.82) is 0 Å². The fourth-order valence-corrected chi connectivity index (χ4v) is 2.91. The summed E-state index contributed by atoms with van der Waals surface area (Å²) in [6.07, 6.45) is 2.19. The van der Waals surface area contributed by atoms with Gasteiger partial charge in [-0.1, -0.05) is 6.42 Å². The van der Waals surface area contributed by atoms with Crippen molar-refractivity contribution in [3.8, 4) is 0 Å². The van der Waals surface area contributed by atoms with E-state index in [2.05, 4.69) is 10.6 Å². The molecule has 4 amide bonds. The number of nitrogens with zero attached hydrogens (tertiary/aromatic N) is 1. The van der Waals surface area contributed by atoms with Crippen molar-refractivity contribution in [2.75, 3.05) is 13.6 Å². The molecule has 2 aliphatic rings. The Morgan fingerprint density at radius 2 is 2.05 bits per heavy atom. The van der Waals surface area contributed by atoms with E-state index in [-0.39, 0.29) is 24.8 Å². The standard InChI is InChI=1S/C13H19N3O5/c1-16-10(17)5-9(11(16)18)15-13(21)14-6-7-3-2-4-8(7)12(19)20/h7-9H,2-6H2,1H3,(H,19,20)(H2,14,15,21). The highest BCUT2D eigenvalue weighted by atomic mass is 16.4. The van der Waals surface area contributed by atoms with E-state index in [4.69, 9.17) is 5.11 Å². The molecule has 0 aromatic heterocycles. The van der Waals surface area contributed by atoms with Gasteiger partial charge in [0.2, 0.25) is 5.91 Å². The smallest absolute Gasteiger partial charge is 0.315 e. The first-order valence-corrected chi connectivity index (χ1v) is 6.97. The van der Waals surface area contributed by atoms with Gasteiger partial charge in [0, 0.05) is 13.6 Å². The zero-order valence-corrected chi connectivity index (χ0v) is 11.8. The highest BCUT2D eigenvalue weighted by Gasteiger charge is 2.37. The summed E-state index contributed by atoms with van der Waals surface area (Å²) in [5.41, 5.74) is 0. The van der Waals surface area contributed by atoms with Gasteiger partial charge < -0.3 is 15.7 Å². The fraction of sp³-hybridized carbons (Fsp3) is 0.692. The van der Waals surface area contributed by atoms with E-state index in [9.17, 15) is 19.2 Å². The molecule has 0 aromatic carbocycles. The maximum absolute atomic E-state index is 11.7. The van der Waals surface area contributed by atoms with Crippen LogP contribution in [0.25, 0.3) is 0 Å². The predicted octanol–water partition coefficient (Wildman–Crippen LogP) is -0.456. The van der Waals surface area contributed by atoms with E-state index in [0.717, 1.165) is 17.7 Å². The van der Waals surface area contributed by atoms with Crippen molar-refractivity contribution >= 4 is 23.8 Å². The molecule has 2 fully saturated rings. The highest BCUT2D eigenvalue weighted by molar-refractivity contribution is 6.06. The summed E-state index contributed by atoms with van der Waals surface area (Å²) in [5.74, 6) is -2.10. The van der Waals surface area contributed by atoms with Gasteiger partial charge >= 0.3 is 12.0 Å². The van der Waals surface area contributed by atoms with Gasteiger partial charge in [0.15, 0.2) is 0 Å². The Hall–Kier alpha value is -2.12. The molecule has 1 saturated heterocycles. The van der Waals surface area contributed by atoms with Gasteiger partial charge in [0.1, 0.15) is 6.04 Å². The van der Waals surface area contributed by atoms with E-state index >= 15 is 0 Å². The number of likely N-dealkylation sites (N-methyl/N-ethyl adjacent to an activating group) is 1. The SMILES string of the molecule is CN1C(=O)CC(NC(=O)NCC2CCCC2C(=O)O)C1=O. The number of imide groups is 1. The topological polar surface area (TPSA) is 116 Å². The van der Waals surface area contributed by atoms with Crippen LogP contribution < -0.4 is 10.6 Å². The molecule has 1 saturated carbocycles. The van der Waals surface area contributed by atoms with E-state index in [1.54, 1.807) is 0 Å². The van der Waals surface area contributed by atoms with Crippen LogP contribution in [0.15, 0.2) is 0 Å². The van der Waals surface area contributed by atoms with Gasteiger partial charge in [0.25, 0.3) is 5.91 Å². The Labute approximate surface area is 121 Å². The van der Waals surface area contributed by atoms with Crippen LogP contribution >= 0.6 is 0 Å². The number of hydrogen-bond donors (Lipinski definition) is 3. The van der Waals surface area contributed by atoms with Crippen LogP contribution in [0.4, 0.5) is 4.79 Å². The van der Waals surface area contributed by atoms with Gasteiger partial charge in [0.05, 0.1) is 12.3 Å². The minimum atomic E-state index is -0.835. The second-order valence-electron chi connectivity index (χ2n) is 5.54. The largest absolute Gasteiger partial charge is 0.481 e. The summed E-state index contributed by atoms with van der Waals surface area (Å²) in [6.45, 7) is 0.257. The molecule has 3 unspecified atom stereocenters. The first-order valence-electron chi connectivity index (χ1n) is 6.97. The fourth-order valence-electron chi connectivity index (χ4n) is 2.91. The van der Waals surface area contributed by atoms with Crippen LogP contribution in [-0.4, -0.2) is 53.5 Å². The van der Waals surface area contributed by atoms with Gasteiger partial charge in [-0.15, -0.1) is 0 Å². The number of amides is 4. The van der Waals surface area contributed by atoms with Gasteiger partial charge in [-0.3, -0.25) is 19.3 Å². The maximum atomic E-state index is 11.7. The molecule has 2 rings (SSSR count). The quantitative estimate of drug-likeness (QED) is 0.607. The second kappa shape index (κ2) is 6.11. The van der Waals surface area contributed by atoms with Crippen molar-refractivity contribution in [2.45, 2.75) is 31.7 Å². The van der Waals surface area contributed by atoms with E-state index < -0.39 is 29.9 Å². The molecule has 21 heavy (non-hydrogen) atoms. The Morgan fingerprint density at radius 3 is 2.62 bits per heavy atom. The Kier molecular flexibility index (Phi) is 4.44. The molecular formula is C13H19N3O5. The van der Waals surface area contributed by atoms with Crippen LogP contribution in [0, 0.1) is 11.8 Å². The molecule has 0 spiro atoms. The number of carbonyl (C=O) groups is 4. The van der Waals surface area contributed by atoms with Crippen molar-refractivity contribution < 1.29 is 24.3 Å². The third-order valence-corrected chi connectivity index (χ3v) is 4.19. The number of carbonyl (C=O) groups excluding carboxylic acids is 3. The van der Waals surface area contributed by atoms with Crippen molar-refractivity contribution in [1.82, 2.24) is 15.5 Å². The number of likely N-dealkylation sites (tertiary alicyclic amines) is 1. The average Bonchev–Trinajstić information content (AvgIpc) is 2.98. The Bertz CT molecular complexity index is 478. The molecular weight excluding hydrogens is 278 g/mol. The number of hydrogen-bond acceptors (Lipinski definition) is 4. The number of rotatable bonds is 4. The van der Waals surface area contributed by atoms with Crippen LogP contribution in [0.2, 0.25) is 0 Å². The lowest BCUT2D eigenvalue weighted by Gasteiger charge is -2.17. The molecule has 1 aliphatic carbocycles. The van der Waals surface area contributed by atoms with Crippen molar-refractivity contribution in [2.24, 2.45) is 11.8 Å². The molecule has 8 heteroatoms. The number of urea groups is 1. The van der Waals surface area contributed by atoms with Crippen molar-refractivity contribution in [3.63, 3.8) is 0 Å². The minimum absolute atomic E-state index is 0.0378. The molecule has 1 aliphatic heterocycles. The monoisotopic (exact) mass is 297 g/mol. The zero-order valence-electron chi connectivity index (χ0n) is 11.8. The third kappa shape index (κ3) is 3.32. The molecule has 116 valence electrons. The van der Waals surface area contributed by atoms with Gasteiger partial charge in [-0.2, -0.15) is 0 Å². The van der Waals surface area contributed by atoms with Gasteiger partial charge in [-0.05, 0) is 18.8 Å². The average molecular weight is 297 g/mol. The third-order valence-electron chi connectivity index (χ3n) is 4.19. The molecule has 1 heterocycles. The van der Waals surface area contributed by atoms with Gasteiger partial charge in [-0.25, -0.2) is 4.79 Å². The Balaban J connectivity index is 1.79. The minimum Gasteiger partial charge on any atom is -0.481 e. The maximum Gasteiger partial charge on any atom is 0.315 e. The summed E-state index contributed by atoms with van der Waals surface area (Å²) < 4.78 is 0. The van der Waals surface area contributed by atoms with E-state index in [1.165, 1.54) is 7.05 Å². The first-order chi connectivity index (χ1) is 9.90. The number of nitrogens with one attached hydrogen (secondary N) is 2.